The molecule has 3 rings (SSSR count). The van der Waals surface area contributed by atoms with E-state index in [2.05, 4.69) is 10.2 Å². The molecule has 0 spiro atoms. The first-order valence-electron chi connectivity index (χ1n) is 7.90. The summed E-state index contributed by atoms with van der Waals surface area (Å²) in [6.45, 7) is 0. The summed E-state index contributed by atoms with van der Waals surface area (Å²) in [5.74, 6) is -0.261. The van der Waals surface area contributed by atoms with E-state index in [1.165, 1.54) is 18.2 Å². The fourth-order valence-electron chi connectivity index (χ4n) is 2.52. The van der Waals surface area contributed by atoms with E-state index in [0.29, 0.717) is 17.7 Å². The van der Waals surface area contributed by atoms with Crippen molar-refractivity contribution < 1.29 is 18.3 Å². The summed E-state index contributed by atoms with van der Waals surface area (Å²) in [6, 6.07) is 16.8. The second-order valence-corrected chi connectivity index (χ2v) is 7.74. The third-order valence-corrected chi connectivity index (χ3v) is 5.57. The number of rotatable bonds is 6. The van der Waals surface area contributed by atoms with E-state index >= 15 is 0 Å². The van der Waals surface area contributed by atoms with Crippen LogP contribution in [0.1, 0.15) is 6.42 Å². The van der Waals surface area contributed by atoms with Gasteiger partial charge in [0.1, 0.15) is 17.7 Å². The highest BCUT2D eigenvalue weighted by Crippen LogP contribution is 2.36. The van der Waals surface area contributed by atoms with Gasteiger partial charge in [-0.2, -0.15) is 5.11 Å². The van der Waals surface area contributed by atoms with E-state index in [1.807, 2.05) is 24.3 Å². The highest BCUT2D eigenvalue weighted by atomic mass is 32.2. The number of nitrogens with zero attached hydrogens (tertiary/aromatic N) is 2. The lowest BCUT2D eigenvalue weighted by Crippen LogP contribution is -2.06. The topological polar surface area (TPSA) is 96.2 Å². The zero-order chi connectivity index (χ0) is 18.6. The van der Waals surface area contributed by atoms with Crippen LogP contribution >= 0.6 is 0 Å². The molecule has 0 aromatic heterocycles. The number of carbonyl (C=O) groups excluding carboxylic acids is 1. The molecule has 0 unspecified atom stereocenters. The summed E-state index contributed by atoms with van der Waals surface area (Å²) in [6.07, 6.45) is 0.516. The Balaban J connectivity index is 1.97. The van der Waals surface area contributed by atoms with Crippen LogP contribution in [0.25, 0.3) is 10.8 Å². The van der Waals surface area contributed by atoms with E-state index in [0.717, 1.165) is 10.8 Å². The fraction of sp³-hybridized carbons (Fsp3) is 0.105. The van der Waals surface area contributed by atoms with Crippen molar-refractivity contribution in [2.45, 2.75) is 11.3 Å². The molecule has 0 aliphatic carbocycles. The fourth-order valence-corrected chi connectivity index (χ4v) is 3.75. The lowest BCUT2D eigenvalue weighted by molar-refractivity contribution is -0.107. The van der Waals surface area contributed by atoms with Gasteiger partial charge in [0.25, 0.3) is 0 Å². The molecule has 0 aliphatic rings. The number of hydrogen-bond acceptors (Lipinski definition) is 6. The van der Waals surface area contributed by atoms with Crippen LogP contribution in [0, 0.1) is 0 Å². The van der Waals surface area contributed by atoms with E-state index in [9.17, 15) is 18.3 Å². The Kier molecular flexibility index (Phi) is 5.09. The second-order valence-electron chi connectivity index (χ2n) is 5.63. The molecule has 0 radical (unpaired) electrons. The molecule has 6 nitrogen and oxygen atoms in total. The van der Waals surface area contributed by atoms with Crippen LogP contribution < -0.4 is 0 Å². The summed E-state index contributed by atoms with van der Waals surface area (Å²) in [5, 5.41) is 19.9. The number of fused-ring (bicyclic) bond motifs is 1. The van der Waals surface area contributed by atoms with Crippen molar-refractivity contribution in [3.8, 4) is 5.75 Å². The molecular formula is C19H16N2O4S. The average Bonchev–Trinajstić information content (AvgIpc) is 2.66. The normalized spacial score (nSPS) is 11.8. The van der Waals surface area contributed by atoms with Gasteiger partial charge < -0.3 is 9.90 Å². The van der Waals surface area contributed by atoms with Crippen LogP contribution in [-0.4, -0.2) is 25.6 Å². The molecule has 132 valence electrons. The molecule has 0 heterocycles. The Bertz CT molecular complexity index is 1090. The Morgan fingerprint density at radius 2 is 1.77 bits per heavy atom. The third kappa shape index (κ3) is 3.78. The third-order valence-electron chi connectivity index (χ3n) is 3.83. The van der Waals surface area contributed by atoms with Crippen LogP contribution in [0.4, 0.5) is 11.4 Å². The molecule has 0 amide bonds. The van der Waals surface area contributed by atoms with Gasteiger partial charge in [-0.25, -0.2) is 8.42 Å². The minimum Gasteiger partial charge on any atom is -0.506 e. The van der Waals surface area contributed by atoms with E-state index in [-0.39, 0.29) is 22.8 Å². The van der Waals surface area contributed by atoms with Crippen LogP contribution in [0.5, 0.6) is 5.75 Å². The number of phenolic OH excluding ortho intramolecular Hbond substituents is 1. The van der Waals surface area contributed by atoms with Gasteiger partial charge in [-0.15, -0.1) is 5.11 Å². The number of azo groups is 1. The highest BCUT2D eigenvalue weighted by molar-refractivity contribution is 7.91. The lowest BCUT2D eigenvalue weighted by Gasteiger charge is -2.04. The largest absolute Gasteiger partial charge is 0.506 e. The van der Waals surface area contributed by atoms with E-state index < -0.39 is 9.84 Å². The van der Waals surface area contributed by atoms with E-state index in [4.69, 9.17) is 0 Å². The van der Waals surface area contributed by atoms with Crippen molar-refractivity contribution in [2.75, 3.05) is 5.75 Å². The number of phenols is 1. The summed E-state index contributed by atoms with van der Waals surface area (Å²) < 4.78 is 24.4. The van der Waals surface area contributed by atoms with Crippen molar-refractivity contribution in [1.82, 2.24) is 0 Å². The lowest BCUT2D eigenvalue weighted by atomic mass is 10.1. The van der Waals surface area contributed by atoms with Gasteiger partial charge in [0.15, 0.2) is 9.84 Å². The summed E-state index contributed by atoms with van der Waals surface area (Å²) in [4.78, 5) is 10.5. The molecule has 0 aliphatic heterocycles. The van der Waals surface area contributed by atoms with Crippen LogP contribution in [0.15, 0.2) is 75.8 Å². The summed E-state index contributed by atoms with van der Waals surface area (Å²) in [7, 11) is -3.55. The number of aldehydes is 1. The smallest absolute Gasteiger partial charge is 0.178 e. The maximum Gasteiger partial charge on any atom is 0.178 e. The predicted octanol–water partition coefficient (Wildman–Crippen LogP) is 4.32. The average molecular weight is 368 g/mol. The zero-order valence-electron chi connectivity index (χ0n) is 13.7. The summed E-state index contributed by atoms with van der Waals surface area (Å²) >= 11 is 0. The van der Waals surface area contributed by atoms with E-state index in [1.54, 1.807) is 18.2 Å². The number of hydrogen-bond donors (Lipinski definition) is 1. The van der Waals surface area contributed by atoms with Crippen molar-refractivity contribution >= 4 is 38.3 Å². The van der Waals surface area contributed by atoms with Crippen molar-refractivity contribution in [3.63, 3.8) is 0 Å². The minimum atomic E-state index is -3.55. The highest BCUT2D eigenvalue weighted by Gasteiger charge is 2.14. The first-order chi connectivity index (χ1) is 12.5. The molecule has 7 heteroatoms. The Morgan fingerprint density at radius 3 is 2.58 bits per heavy atom. The molecular weight excluding hydrogens is 352 g/mol. The molecule has 0 saturated heterocycles. The Hall–Kier alpha value is -3.06. The quantitative estimate of drug-likeness (QED) is 0.517. The maximum atomic E-state index is 12.2. The van der Waals surface area contributed by atoms with Gasteiger partial charge in [0.2, 0.25) is 0 Å². The number of aromatic hydroxyl groups is 1. The molecule has 0 saturated carbocycles. The Labute approximate surface area is 150 Å². The number of sulfone groups is 1. The Morgan fingerprint density at radius 1 is 0.962 bits per heavy atom. The van der Waals surface area contributed by atoms with Gasteiger partial charge in [0, 0.05) is 11.8 Å². The van der Waals surface area contributed by atoms with Crippen molar-refractivity contribution in [3.05, 3.63) is 60.7 Å². The molecule has 0 fully saturated rings. The van der Waals surface area contributed by atoms with Gasteiger partial charge in [-0.1, -0.05) is 36.4 Å². The van der Waals surface area contributed by atoms with Crippen molar-refractivity contribution in [2.24, 2.45) is 10.2 Å². The number of benzene rings is 3. The molecule has 3 aromatic rings. The maximum absolute atomic E-state index is 12.2. The first-order valence-corrected chi connectivity index (χ1v) is 9.55. The van der Waals surface area contributed by atoms with Gasteiger partial charge in [0.05, 0.1) is 16.3 Å². The van der Waals surface area contributed by atoms with Gasteiger partial charge >= 0.3 is 0 Å². The molecule has 1 N–H and O–H groups in total. The predicted molar refractivity (Wildman–Crippen MR) is 99.0 cm³/mol. The van der Waals surface area contributed by atoms with Crippen LogP contribution in [-0.2, 0) is 14.6 Å². The monoisotopic (exact) mass is 368 g/mol. The standard InChI is InChI=1S/C19H16N2O4S/c22-11-4-12-26(24,25)16-7-3-6-15(13-16)20-21-19-17-8-2-1-5-14(17)9-10-18(19)23/h1-3,5-11,13,23H,4,12H2. The zero-order valence-corrected chi connectivity index (χ0v) is 14.6. The molecule has 0 bridgehead atoms. The van der Waals surface area contributed by atoms with Gasteiger partial charge in [-0.3, -0.25) is 0 Å². The first kappa shape index (κ1) is 17.8. The van der Waals surface area contributed by atoms with Crippen LogP contribution in [0.2, 0.25) is 0 Å². The van der Waals surface area contributed by atoms with Crippen LogP contribution in [0.3, 0.4) is 0 Å². The van der Waals surface area contributed by atoms with Gasteiger partial charge in [-0.05, 0) is 29.7 Å². The second kappa shape index (κ2) is 7.45. The minimum absolute atomic E-state index is 0.0118. The van der Waals surface area contributed by atoms with Crippen molar-refractivity contribution in [1.29, 1.82) is 0 Å². The molecule has 3 aromatic carbocycles. The number of carbonyl (C=O) groups is 1. The molecule has 0 atom stereocenters. The molecule has 26 heavy (non-hydrogen) atoms. The summed E-state index contributed by atoms with van der Waals surface area (Å²) in [5.41, 5.74) is 0.654. The SMILES string of the molecule is O=CCCS(=O)(=O)c1cccc(N=Nc2c(O)ccc3ccccc23)c1.